The molecule has 0 aliphatic rings. The van der Waals surface area contributed by atoms with Gasteiger partial charge < -0.3 is 15.5 Å². The van der Waals surface area contributed by atoms with E-state index >= 15 is 0 Å². The maximum absolute atomic E-state index is 11.5. The van der Waals surface area contributed by atoms with Crippen molar-refractivity contribution in [3.8, 4) is 12.1 Å². The van der Waals surface area contributed by atoms with Crippen LogP contribution in [0.1, 0.15) is 19.3 Å². The predicted molar refractivity (Wildman–Crippen MR) is 85.3 cm³/mol. The molecule has 23 heavy (non-hydrogen) atoms. The molecule has 0 bridgehead atoms. The number of carboxylic acid groups (broad SMARTS) is 2. The molecule has 0 aromatic rings. The van der Waals surface area contributed by atoms with E-state index in [4.69, 9.17) is 20.7 Å². The van der Waals surface area contributed by atoms with E-state index in [1.807, 2.05) is 0 Å². The first-order chi connectivity index (χ1) is 10.9. The first-order valence-corrected chi connectivity index (χ1v) is 8.91. The zero-order chi connectivity index (χ0) is 17.7. The summed E-state index contributed by atoms with van der Waals surface area (Å²) in [4.78, 5) is 32.9. The second kappa shape index (κ2) is 12.4. The molecule has 1 amide bonds. The number of hydrogen-bond donors (Lipinski definition) is 3. The number of amides is 1. The minimum atomic E-state index is -1.21. The van der Waals surface area contributed by atoms with Crippen molar-refractivity contribution < 1.29 is 24.6 Å². The molecule has 124 valence electrons. The quantitative estimate of drug-likeness (QED) is 0.214. The average molecular weight is 357 g/mol. The van der Waals surface area contributed by atoms with Crippen LogP contribution in [0.5, 0.6) is 0 Å². The summed E-state index contributed by atoms with van der Waals surface area (Å²) in [5.41, 5.74) is -0.407. The lowest BCUT2D eigenvalue weighted by Gasteiger charge is -2.12. The summed E-state index contributed by atoms with van der Waals surface area (Å²) in [5, 5.41) is 36.7. The molecule has 0 fully saturated rings. The van der Waals surface area contributed by atoms with Crippen LogP contribution in [0, 0.1) is 22.7 Å². The Balaban J connectivity index is 4.15. The van der Waals surface area contributed by atoms with Crippen molar-refractivity contribution in [3.05, 3.63) is 11.6 Å². The van der Waals surface area contributed by atoms with Gasteiger partial charge >= 0.3 is 11.9 Å². The van der Waals surface area contributed by atoms with Crippen LogP contribution < -0.4 is 5.32 Å². The van der Waals surface area contributed by atoms with Gasteiger partial charge in [-0.1, -0.05) is 21.6 Å². The number of hydrogen-bond acceptors (Lipinski definition) is 7. The average Bonchev–Trinajstić information content (AvgIpc) is 2.49. The van der Waals surface area contributed by atoms with Gasteiger partial charge in [-0.15, -0.1) is 0 Å². The smallest absolute Gasteiger partial charge is 0.326 e. The number of rotatable bonds is 11. The fraction of sp³-hybridized carbons (Fsp3) is 0.462. The van der Waals surface area contributed by atoms with Crippen molar-refractivity contribution >= 4 is 39.4 Å². The Bertz CT molecular complexity index is 535. The molecule has 0 aliphatic heterocycles. The zero-order valence-electron chi connectivity index (χ0n) is 12.0. The van der Waals surface area contributed by atoms with Crippen LogP contribution in [0.3, 0.4) is 0 Å². The molecule has 0 radical (unpaired) electrons. The highest BCUT2D eigenvalue weighted by Gasteiger charge is 2.19. The van der Waals surface area contributed by atoms with Crippen LogP contribution in [0.25, 0.3) is 0 Å². The number of aliphatic carboxylic acids is 2. The number of carbonyl (C=O) groups excluding carboxylic acids is 1. The Morgan fingerprint density at radius 2 is 1.74 bits per heavy atom. The van der Waals surface area contributed by atoms with Gasteiger partial charge in [0, 0.05) is 24.0 Å². The van der Waals surface area contributed by atoms with Crippen LogP contribution in [0.2, 0.25) is 0 Å². The third-order valence-corrected chi connectivity index (χ3v) is 4.85. The molecule has 0 saturated heterocycles. The number of nitrogens with one attached hydrogen (secondary N) is 1. The van der Waals surface area contributed by atoms with Gasteiger partial charge in [-0.3, -0.25) is 9.59 Å². The molecule has 8 nitrogen and oxygen atoms in total. The van der Waals surface area contributed by atoms with E-state index in [0.717, 1.165) is 6.08 Å². The second-order valence-corrected chi connectivity index (χ2v) is 6.81. The highest BCUT2D eigenvalue weighted by molar-refractivity contribution is 8.76. The van der Waals surface area contributed by atoms with Crippen LogP contribution in [0.15, 0.2) is 11.6 Å². The Hall–Kier alpha value is -2.17. The van der Waals surface area contributed by atoms with E-state index in [9.17, 15) is 14.4 Å². The van der Waals surface area contributed by atoms with Crippen molar-refractivity contribution in [1.29, 1.82) is 10.5 Å². The largest absolute Gasteiger partial charge is 0.481 e. The minimum Gasteiger partial charge on any atom is -0.481 e. The summed E-state index contributed by atoms with van der Waals surface area (Å²) in [6, 6.07) is 1.89. The van der Waals surface area contributed by atoms with Crippen LogP contribution in [-0.4, -0.2) is 45.6 Å². The Morgan fingerprint density at radius 1 is 1.13 bits per heavy atom. The van der Waals surface area contributed by atoms with Crippen molar-refractivity contribution in [2.75, 3.05) is 11.5 Å². The Morgan fingerprint density at radius 3 is 2.26 bits per heavy atom. The van der Waals surface area contributed by atoms with Gasteiger partial charge in [0.15, 0.2) is 0 Å². The lowest BCUT2D eigenvalue weighted by molar-refractivity contribution is -0.141. The van der Waals surface area contributed by atoms with Crippen LogP contribution in [0.4, 0.5) is 0 Å². The molecule has 0 aromatic carbocycles. The number of nitriles is 2. The lowest BCUT2D eigenvalue weighted by atomic mass is 10.2. The van der Waals surface area contributed by atoms with E-state index < -0.39 is 29.5 Å². The monoisotopic (exact) mass is 357 g/mol. The summed E-state index contributed by atoms with van der Waals surface area (Å²) >= 11 is 0. The van der Waals surface area contributed by atoms with Gasteiger partial charge in [0.1, 0.15) is 23.8 Å². The summed E-state index contributed by atoms with van der Waals surface area (Å²) in [6.07, 6.45) is 1.54. The molecule has 3 N–H and O–H groups in total. The SMILES string of the molecule is N#CC(C#N)=CC(=O)NC(CCSSCCCC(=O)O)C(=O)O. The summed E-state index contributed by atoms with van der Waals surface area (Å²) in [5.74, 6) is -1.79. The van der Waals surface area contributed by atoms with Gasteiger partial charge in [0.25, 0.3) is 0 Å². The molecule has 0 rings (SSSR count). The third-order valence-electron chi connectivity index (χ3n) is 2.32. The van der Waals surface area contributed by atoms with Crippen molar-refractivity contribution in [2.24, 2.45) is 0 Å². The van der Waals surface area contributed by atoms with Gasteiger partial charge in [-0.2, -0.15) is 10.5 Å². The zero-order valence-corrected chi connectivity index (χ0v) is 13.7. The first kappa shape index (κ1) is 20.8. The fourth-order valence-corrected chi connectivity index (χ4v) is 3.44. The van der Waals surface area contributed by atoms with E-state index in [1.165, 1.54) is 33.7 Å². The molecule has 10 heteroatoms. The highest BCUT2D eigenvalue weighted by atomic mass is 33.1. The predicted octanol–water partition coefficient (Wildman–Crippen LogP) is 1.17. The molecule has 0 spiro atoms. The summed E-state index contributed by atoms with van der Waals surface area (Å²) in [6.45, 7) is 0. The standard InChI is InChI=1S/C13H15N3O5S2/c14-7-9(8-15)6-11(17)16-10(13(20)21)3-5-23-22-4-1-2-12(18)19/h6,10H,1-5H2,(H,16,17)(H,18,19)(H,20,21). The molecule has 0 aromatic heterocycles. The number of carboxylic acids is 2. The molecular weight excluding hydrogens is 342 g/mol. The Labute approximate surface area is 140 Å². The van der Waals surface area contributed by atoms with Crippen molar-refractivity contribution in [1.82, 2.24) is 5.32 Å². The molecule has 0 aliphatic carbocycles. The summed E-state index contributed by atoms with van der Waals surface area (Å²) in [7, 11) is 2.83. The molecular formula is C13H15N3O5S2. The minimum absolute atomic E-state index is 0.0911. The van der Waals surface area contributed by atoms with Gasteiger partial charge in [0.2, 0.25) is 5.91 Å². The van der Waals surface area contributed by atoms with E-state index in [2.05, 4.69) is 5.32 Å². The van der Waals surface area contributed by atoms with E-state index in [0.29, 0.717) is 17.9 Å². The number of allylic oxidation sites excluding steroid dienone is 1. The lowest BCUT2D eigenvalue weighted by Crippen LogP contribution is -2.40. The van der Waals surface area contributed by atoms with Crippen molar-refractivity contribution in [2.45, 2.75) is 25.3 Å². The maximum atomic E-state index is 11.5. The molecule has 1 atom stereocenters. The highest BCUT2D eigenvalue weighted by Crippen LogP contribution is 2.23. The maximum Gasteiger partial charge on any atom is 0.326 e. The topological polar surface area (TPSA) is 151 Å². The van der Waals surface area contributed by atoms with Crippen LogP contribution >= 0.6 is 21.6 Å². The third kappa shape index (κ3) is 11.1. The second-order valence-electron chi connectivity index (χ2n) is 4.11. The summed E-state index contributed by atoms with van der Waals surface area (Å²) < 4.78 is 0. The van der Waals surface area contributed by atoms with E-state index in [-0.39, 0.29) is 12.8 Å². The van der Waals surface area contributed by atoms with Gasteiger partial charge in [0.05, 0.1) is 0 Å². The first-order valence-electron chi connectivity index (χ1n) is 6.42. The molecule has 0 heterocycles. The molecule has 1 unspecified atom stereocenters. The van der Waals surface area contributed by atoms with Crippen LogP contribution in [-0.2, 0) is 14.4 Å². The fourth-order valence-electron chi connectivity index (χ4n) is 1.26. The van der Waals surface area contributed by atoms with E-state index in [1.54, 1.807) is 0 Å². The van der Waals surface area contributed by atoms with Gasteiger partial charge in [-0.25, -0.2) is 4.79 Å². The number of carbonyl (C=O) groups is 3. The normalized spacial score (nSPS) is 10.7. The molecule has 0 saturated carbocycles. The van der Waals surface area contributed by atoms with Crippen molar-refractivity contribution in [3.63, 3.8) is 0 Å². The Kier molecular flexibility index (Phi) is 11.2. The van der Waals surface area contributed by atoms with Gasteiger partial charge in [-0.05, 0) is 12.8 Å². The number of nitrogens with zero attached hydrogens (tertiary/aromatic N) is 2.